The molecular formula is C19H30N2O. The summed E-state index contributed by atoms with van der Waals surface area (Å²) in [6.45, 7) is 7.03. The summed E-state index contributed by atoms with van der Waals surface area (Å²) in [6, 6.07) is 10.8. The number of benzene rings is 1. The molecule has 22 heavy (non-hydrogen) atoms. The van der Waals surface area contributed by atoms with Gasteiger partial charge in [-0.1, -0.05) is 31.0 Å². The van der Waals surface area contributed by atoms with E-state index in [1.165, 1.54) is 71.2 Å². The van der Waals surface area contributed by atoms with Gasteiger partial charge in [0.1, 0.15) is 12.4 Å². The number of rotatable bonds is 6. The fourth-order valence-electron chi connectivity index (χ4n) is 3.71. The number of likely N-dealkylation sites (tertiary alicyclic amines) is 2. The predicted octanol–water partition coefficient (Wildman–Crippen LogP) is 3.41. The Bertz CT molecular complexity index is 411. The zero-order valence-electron chi connectivity index (χ0n) is 13.8. The summed E-state index contributed by atoms with van der Waals surface area (Å²) < 4.78 is 6.09. The van der Waals surface area contributed by atoms with Crippen molar-refractivity contribution in [3.05, 3.63) is 30.3 Å². The quantitative estimate of drug-likeness (QED) is 0.801. The van der Waals surface area contributed by atoms with Gasteiger partial charge in [0.05, 0.1) is 6.04 Å². The molecule has 2 saturated heterocycles. The summed E-state index contributed by atoms with van der Waals surface area (Å²) in [5.41, 5.74) is 0. The van der Waals surface area contributed by atoms with Crippen LogP contribution in [-0.4, -0.2) is 55.2 Å². The largest absolute Gasteiger partial charge is 0.492 e. The van der Waals surface area contributed by atoms with E-state index in [1.807, 2.05) is 6.07 Å². The van der Waals surface area contributed by atoms with Gasteiger partial charge in [-0.2, -0.15) is 0 Å². The summed E-state index contributed by atoms with van der Waals surface area (Å²) in [7, 11) is 0. The van der Waals surface area contributed by atoms with E-state index in [4.69, 9.17) is 4.74 Å². The fraction of sp³-hybridized carbons (Fsp3) is 0.684. The molecule has 2 aliphatic rings. The lowest BCUT2D eigenvalue weighted by Gasteiger charge is -2.38. The molecule has 1 unspecified atom stereocenters. The van der Waals surface area contributed by atoms with Crippen LogP contribution in [-0.2, 0) is 0 Å². The van der Waals surface area contributed by atoms with Crippen molar-refractivity contribution >= 4 is 0 Å². The monoisotopic (exact) mass is 302 g/mol. The van der Waals surface area contributed by atoms with E-state index in [0.29, 0.717) is 6.04 Å². The second-order valence-corrected chi connectivity index (χ2v) is 6.74. The lowest BCUT2D eigenvalue weighted by Crippen LogP contribution is -2.50. The van der Waals surface area contributed by atoms with Crippen molar-refractivity contribution in [3.8, 4) is 5.75 Å². The topological polar surface area (TPSA) is 15.7 Å². The summed E-state index contributed by atoms with van der Waals surface area (Å²) in [6.07, 6.45) is 8.24. The minimum absolute atomic E-state index is 0.540. The normalized spacial score (nSPS) is 22.4. The van der Waals surface area contributed by atoms with Gasteiger partial charge >= 0.3 is 0 Å². The molecular weight excluding hydrogens is 272 g/mol. The molecule has 2 fully saturated rings. The second kappa shape index (κ2) is 8.54. The van der Waals surface area contributed by atoms with Crippen LogP contribution in [0, 0.1) is 0 Å². The lowest BCUT2D eigenvalue weighted by molar-refractivity contribution is 0.0746. The maximum absolute atomic E-state index is 6.09. The minimum atomic E-state index is 0.540. The van der Waals surface area contributed by atoms with Crippen LogP contribution in [0.1, 0.15) is 38.5 Å². The Morgan fingerprint density at radius 3 is 2.14 bits per heavy atom. The Morgan fingerprint density at radius 1 is 0.818 bits per heavy atom. The maximum Gasteiger partial charge on any atom is 0.119 e. The van der Waals surface area contributed by atoms with Crippen molar-refractivity contribution in [2.24, 2.45) is 0 Å². The van der Waals surface area contributed by atoms with Gasteiger partial charge in [0.25, 0.3) is 0 Å². The second-order valence-electron chi connectivity index (χ2n) is 6.74. The van der Waals surface area contributed by atoms with E-state index in [9.17, 15) is 0 Å². The van der Waals surface area contributed by atoms with Crippen LogP contribution in [0.15, 0.2) is 30.3 Å². The van der Waals surface area contributed by atoms with Crippen molar-refractivity contribution < 1.29 is 4.74 Å². The summed E-state index contributed by atoms with van der Waals surface area (Å²) >= 11 is 0. The van der Waals surface area contributed by atoms with E-state index in [-0.39, 0.29) is 0 Å². The molecule has 0 amide bonds. The number of nitrogens with zero attached hydrogens (tertiary/aromatic N) is 2. The fourth-order valence-corrected chi connectivity index (χ4v) is 3.71. The highest BCUT2D eigenvalue weighted by atomic mass is 16.5. The van der Waals surface area contributed by atoms with Gasteiger partial charge in [-0.05, 0) is 64.0 Å². The number of ether oxygens (including phenoxy) is 1. The SMILES string of the molecule is c1ccc(OCC(CN2CCCCC2)N2CCCCC2)cc1. The third-order valence-electron chi connectivity index (χ3n) is 5.01. The first-order valence-electron chi connectivity index (χ1n) is 9.06. The molecule has 2 aliphatic heterocycles. The van der Waals surface area contributed by atoms with Crippen LogP contribution in [0.2, 0.25) is 0 Å². The summed E-state index contributed by atoms with van der Waals surface area (Å²) in [5.74, 6) is 1.00. The molecule has 0 spiro atoms. The molecule has 0 saturated carbocycles. The van der Waals surface area contributed by atoms with E-state index < -0.39 is 0 Å². The van der Waals surface area contributed by atoms with Gasteiger partial charge in [0.15, 0.2) is 0 Å². The summed E-state index contributed by atoms with van der Waals surface area (Å²) in [4.78, 5) is 5.32. The van der Waals surface area contributed by atoms with Crippen LogP contribution in [0.3, 0.4) is 0 Å². The van der Waals surface area contributed by atoms with E-state index in [1.54, 1.807) is 0 Å². The Hall–Kier alpha value is -1.06. The molecule has 1 aromatic carbocycles. The molecule has 0 bridgehead atoms. The molecule has 0 aliphatic carbocycles. The van der Waals surface area contributed by atoms with E-state index in [2.05, 4.69) is 34.1 Å². The first kappa shape index (κ1) is 15.8. The van der Waals surface area contributed by atoms with Crippen molar-refractivity contribution in [2.45, 2.75) is 44.6 Å². The maximum atomic E-state index is 6.09. The molecule has 1 atom stereocenters. The molecule has 0 N–H and O–H groups in total. The Morgan fingerprint density at radius 2 is 1.45 bits per heavy atom. The number of hydrogen-bond donors (Lipinski definition) is 0. The average Bonchev–Trinajstić information content (AvgIpc) is 2.61. The van der Waals surface area contributed by atoms with Crippen LogP contribution < -0.4 is 4.74 Å². The Balaban J connectivity index is 1.57. The molecule has 122 valence electrons. The van der Waals surface area contributed by atoms with Gasteiger partial charge < -0.3 is 9.64 Å². The molecule has 2 heterocycles. The van der Waals surface area contributed by atoms with Crippen LogP contribution >= 0.6 is 0 Å². The average molecular weight is 302 g/mol. The highest BCUT2D eigenvalue weighted by molar-refractivity contribution is 5.20. The molecule has 3 rings (SSSR count). The van der Waals surface area contributed by atoms with Crippen molar-refractivity contribution in [3.63, 3.8) is 0 Å². The Kier molecular flexibility index (Phi) is 6.14. The van der Waals surface area contributed by atoms with Crippen LogP contribution in [0.5, 0.6) is 5.75 Å². The summed E-state index contributed by atoms with van der Waals surface area (Å²) in [5, 5.41) is 0. The minimum Gasteiger partial charge on any atom is -0.492 e. The first-order valence-corrected chi connectivity index (χ1v) is 9.06. The van der Waals surface area contributed by atoms with Gasteiger partial charge in [-0.25, -0.2) is 0 Å². The standard InChI is InChI=1S/C19H30N2O/c1-4-10-19(11-5-1)22-17-18(21-14-8-3-9-15-21)16-20-12-6-2-7-13-20/h1,4-5,10-11,18H,2-3,6-9,12-17H2. The lowest BCUT2D eigenvalue weighted by atomic mass is 10.1. The molecule has 0 radical (unpaired) electrons. The number of piperidine rings is 2. The third kappa shape index (κ3) is 4.72. The molecule has 0 aromatic heterocycles. The van der Waals surface area contributed by atoms with Crippen LogP contribution in [0.25, 0.3) is 0 Å². The zero-order valence-corrected chi connectivity index (χ0v) is 13.8. The smallest absolute Gasteiger partial charge is 0.119 e. The Labute approximate surface area is 135 Å². The van der Waals surface area contributed by atoms with E-state index in [0.717, 1.165) is 12.4 Å². The molecule has 1 aromatic rings. The highest BCUT2D eigenvalue weighted by Gasteiger charge is 2.24. The third-order valence-corrected chi connectivity index (χ3v) is 5.01. The van der Waals surface area contributed by atoms with Gasteiger partial charge in [0.2, 0.25) is 0 Å². The molecule has 3 nitrogen and oxygen atoms in total. The van der Waals surface area contributed by atoms with Gasteiger partial charge in [-0.3, -0.25) is 4.90 Å². The predicted molar refractivity (Wildman–Crippen MR) is 91.4 cm³/mol. The van der Waals surface area contributed by atoms with Gasteiger partial charge in [0, 0.05) is 6.54 Å². The van der Waals surface area contributed by atoms with Gasteiger partial charge in [-0.15, -0.1) is 0 Å². The van der Waals surface area contributed by atoms with Crippen molar-refractivity contribution in [1.29, 1.82) is 0 Å². The van der Waals surface area contributed by atoms with Crippen LogP contribution in [0.4, 0.5) is 0 Å². The number of hydrogen-bond acceptors (Lipinski definition) is 3. The highest BCUT2D eigenvalue weighted by Crippen LogP contribution is 2.17. The number of para-hydroxylation sites is 1. The van der Waals surface area contributed by atoms with E-state index >= 15 is 0 Å². The first-order chi connectivity index (χ1) is 10.9. The van der Waals surface area contributed by atoms with Crippen molar-refractivity contribution in [2.75, 3.05) is 39.3 Å². The zero-order chi connectivity index (χ0) is 15.0. The molecule has 3 heteroatoms. The van der Waals surface area contributed by atoms with Crippen molar-refractivity contribution in [1.82, 2.24) is 9.80 Å².